The summed E-state index contributed by atoms with van der Waals surface area (Å²) in [6, 6.07) is 0.896. The van der Waals surface area contributed by atoms with Gasteiger partial charge in [-0.3, -0.25) is 0 Å². The Morgan fingerprint density at radius 3 is 1.95 bits per heavy atom. The van der Waals surface area contributed by atoms with E-state index in [4.69, 9.17) is 11.6 Å². The van der Waals surface area contributed by atoms with Crippen molar-refractivity contribution in [1.29, 1.82) is 0 Å². The number of unbranched alkanes of at least 4 members (excludes halogenated alkanes) is 7. The van der Waals surface area contributed by atoms with E-state index in [0.717, 1.165) is 18.3 Å². The van der Waals surface area contributed by atoms with E-state index in [1.54, 1.807) is 0 Å². The van der Waals surface area contributed by atoms with Gasteiger partial charge >= 0.3 is 0 Å². The molecule has 0 heterocycles. The SMILES string of the molecule is CCCCCCCCCCN(CCCCl)C1CCC1. The van der Waals surface area contributed by atoms with Gasteiger partial charge in [0.15, 0.2) is 0 Å². The first-order valence-electron chi connectivity index (χ1n) is 8.68. The van der Waals surface area contributed by atoms with Crippen LogP contribution in [0, 0.1) is 0 Å². The smallest absolute Gasteiger partial charge is 0.0235 e. The summed E-state index contributed by atoms with van der Waals surface area (Å²) in [6.07, 6.45) is 16.9. The molecule has 0 amide bonds. The van der Waals surface area contributed by atoms with Gasteiger partial charge in [-0.1, -0.05) is 58.3 Å². The van der Waals surface area contributed by atoms with Crippen molar-refractivity contribution in [3.63, 3.8) is 0 Å². The normalized spacial score (nSPS) is 15.9. The Bertz CT molecular complexity index is 192. The molecule has 0 unspecified atom stereocenters. The highest BCUT2D eigenvalue weighted by Crippen LogP contribution is 2.25. The lowest BCUT2D eigenvalue weighted by molar-refractivity contribution is 0.125. The summed E-state index contributed by atoms with van der Waals surface area (Å²) in [4.78, 5) is 2.71. The molecule has 0 aromatic carbocycles. The Hall–Kier alpha value is 0.250. The fraction of sp³-hybridized carbons (Fsp3) is 1.00. The van der Waals surface area contributed by atoms with Crippen molar-refractivity contribution in [2.75, 3.05) is 19.0 Å². The van der Waals surface area contributed by atoms with Crippen LogP contribution in [0.2, 0.25) is 0 Å². The zero-order valence-corrected chi connectivity index (χ0v) is 13.8. The van der Waals surface area contributed by atoms with Gasteiger partial charge in [0.25, 0.3) is 0 Å². The second-order valence-corrected chi connectivity index (χ2v) is 6.52. The fourth-order valence-electron chi connectivity index (χ4n) is 2.94. The van der Waals surface area contributed by atoms with E-state index >= 15 is 0 Å². The number of alkyl halides is 1. The maximum absolute atomic E-state index is 5.83. The van der Waals surface area contributed by atoms with E-state index in [1.807, 2.05) is 0 Å². The second-order valence-electron chi connectivity index (χ2n) is 6.14. The van der Waals surface area contributed by atoms with Gasteiger partial charge in [0.05, 0.1) is 0 Å². The minimum atomic E-state index is 0.820. The third-order valence-corrected chi connectivity index (χ3v) is 4.74. The van der Waals surface area contributed by atoms with Crippen LogP contribution in [0.25, 0.3) is 0 Å². The molecule has 0 aromatic heterocycles. The predicted molar refractivity (Wildman–Crippen MR) is 87.2 cm³/mol. The van der Waals surface area contributed by atoms with Gasteiger partial charge in [0.2, 0.25) is 0 Å². The van der Waals surface area contributed by atoms with E-state index in [0.29, 0.717) is 0 Å². The van der Waals surface area contributed by atoms with E-state index < -0.39 is 0 Å². The van der Waals surface area contributed by atoms with Crippen molar-refractivity contribution in [1.82, 2.24) is 4.90 Å². The molecule has 1 fully saturated rings. The van der Waals surface area contributed by atoms with Crippen molar-refractivity contribution in [3.8, 4) is 0 Å². The number of halogens is 1. The summed E-state index contributed by atoms with van der Waals surface area (Å²) in [5, 5.41) is 0. The molecule has 0 aliphatic heterocycles. The van der Waals surface area contributed by atoms with E-state index in [9.17, 15) is 0 Å². The molecule has 2 heteroatoms. The summed E-state index contributed by atoms with van der Waals surface area (Å²) in [7, 11) is 0. The Morgan fingerprint density at radius 2 is 1.42 bits per heavy atom. The van der Waals surface area contributed by atoms with E-state index in [2.05, 4.69) is 11.8 Å². The minimum absolute atomic E-state index is 0.820. The summed E-state index contributed by atoms with van der Waals surface area (Å²) in [6.45, 7) is 4.83. The third-order valence-electron chi connectivity index (χ3n) is 4.47. The summed E-state index contributed by atoms with van der Waals surface area (Å²) in [5.41, 5.74) is 0. The van der Waals surface area contributed by atoms with Gasteiger partial charge in [0, 0.05) is 11.9 Å². The largest absolute Gasteiger partial charge is 0.300 e. The maximum atomic E-state index is 5.83. The second kappa shape index (κ2) is 12.0. The number of nitrogens with zero attached hydrogens (tertiary/aromatic N) is 1. The van der Waals surface area contributed by atoms with Crippen molar-refractivity contribution in [2.24, 2.45) is 0 Å². The fourth-order valence-corrected chi connectivity index (χ4v) is 3.06. The lowest BCUT2D eigenvalue weighted by atomic mass is 9.91. The van der Waals surface area contributed by atoms with Gasteiger partial charge < -0.3 is 4.90 Å². The van der Waals surface area contributed by atoms with Crippen LogP contribution in [0.5, 0.6) is 0 Å². The van der Waals surface area contributed by atoms with Gasteiger partial charge in [-0.15, -0.1) is 11.6 Å². The Kier molecular flexibility index (Phi) is 11.0. The lowest BCUT2D eigenvalue weighted by Gasteiger charge is -2.37. The summed E-state index contributed by atoms with van der Waals surface area (Å²) in [5.74, 6) is 0.820. The number of hydrogen-bond donors (Lipinski definition) is 0. The first kappa shape index (κ1) is 17.3. The van der Waals surface area contributed by atoms with Gasteiger partial charge in [-0.2, -0.15) is 0 Å². The standard InChI is InChI=1S/C17H34ClN/c1-2-3-4-5-6-7-8-9-15-19(16-11-14-18)17-12-10-13-17/h17H,2-16H2,1H3. The van der Waals surface area contributed by atoms with Crippen LogP contribution in [0.15, 0.2) is 0 Å². The summed E-state index contributed by atoms with van der Waals surface area (Å²) < 4.78 is 0. The molecule has 0 bridgehead atoms. The average Bonchev–Trinajstić information content (AvgIpc) is 2.36. The zero-order chi connectivity index (χ0) is 13.8. The Balaban J connectivity index is 1.95. The summed E-state index contributed by atoms with van der Waals surface area (Å²) >= 11 is 5.83. The van der Waals surface area contributed by atoms with Crippen LogP contribution in [-0.4, -0.2) is 29.9 Å². The molecule has 0 spiro atoms. The molecular formula is C17H34ClN. The Morgan fingerprint density at radius 1 is 0.842 bits per heavy atom. The molecule has 1 nitrogen and oxygen atoms in total. The van der Waals surface area contributed by atoms with Crippen molar-refractivity contribution in [2.45, 2.75) is 90.0 Å². The molecule has 1 aliphatic carbocycles. The molecule has 1 rings (SSSR count). The van der Waals surface area contributed by atoms with Crippen LogP contribution in [-0.2, 0) is 0 Å². The molecule has 19 heavy (non-hydrogen) atoms. The first-order chi connectivity index (χ1) is 9.38. The zero-order valence-electron chi connectivity index (χ0n) is 13.0. The van der Waals surface area contributed by atoms with Crippen molar-refractivity contribution >= 4 is 11.6 Å². The van der Waals surface area contributed by atoms with Crippen LogP contribution in [0.3, 0.4) is 0 Å². The molecule has 114 valence electrons. The highest BCUT2D eigenvalue weighted by Gasteiger charge is 2.23. The van der Waals surface area contributed by atoms with Crippen molar-refractivity contribution < 1.29 is 0 Å². The third kappa shape index (κ3) is 8.19. The number of rotatable bonds is 13. The van der Waals surface area contributed by atoms with Crippen LogP contribution in [0.4, 0.5) is 0 Å². The monoisotopic (exact) mass is 287 g/mol. The Labute approximate surface area is 126 Å². The van der Waals surface area contributed by atoms with Crippen molar-refractivity contribution in [3.05, 3.63) is 0 Å². The molecule has 0 N–H and O–H groups in total. The maximum Gasteiger partial charge on any atom is 0.0235 e. The van der Waals surface area contributed by atoms with E-state index in [1.165, 1.54) is 83.7 Å². The topological polar surface area (TPSA) is 3.24 Å². The molecule has 0 radical (unpaired) electrons. The van der Waals surface area contributed by atoms with Gasteiger partial charge in [0.1, 0.15) is 0 Å². The predicted octanol–water partition coefficient (Wildman–Crippen LogP) is 5.61. The first-order valence-corrected chi connectivity index (χ1v) is 9.22. The molecular weight excluding hydrogens is 254 g/mol. The molecule has 1 saturated carbocycles. The minimum Gasteiger partial charge on any atom is -0.300 e. The molecule has 0 saturated heterocycles. The highest BCUT2D eigenvalue weighted by molar-refractivity contribution is 6.17. The molecule has 0 aromatic rings. The number of hydrogen-bond acceptors (Lipinski definition) is 1. The lowest BCUT2D eigenvalue weighted by Crippen LogP contribution is -2.41. The molecule has 0 atom stereocenters. The molecule has 1 aliphatic rings. The van der Waals surface area contributed by atoms with Crippen LogP contribution in [0.1, 0.15) is 84.0 Å². The van der Waals surface area contributed by atoms with E-state index in [-0.39, 0.29) is 0 Å². The highest BCUT2D eigenvalue weighted by atomic mass is 35.5. The van der Waals surface area contributed by atoms with Gasteiger partial charge in [-0.25, -0.2) is 0 Å². The van der Waals surface area contributed by atoms with Crippen LogP contribution < -0.4 is 0 Å². The average molecular weight is 288 g/mol. The quantitative estimate of drug-likeness (QED) is 0.314. The van der Waals surface area contributed by atoms with Gasteiger partial charge in [-0.05, 0) is 38.8 Å². The van der Waals surface area contributed by atoms with Crippen LogP contribution >= 0.6 is 11.6 Å².